The predicted molar refractivity (Wildman–Crippen MR) is 115 cm³/mol. The van der Waals surface area contributed by atoms with Crippen molar-refractivity contribution in [1.29, 1.82) is 0 Å². The zero-order valence-electron chi connectivity index (χ0n) is 15.9. The van der Waals surface area contributed by atoms with Crippen molar-refractivity contribution in [1.82, 2.24) is 0 Å². The van der Waals surface area contributed by atoms with E-state index in [-0.39, 0.29) is 5.91 Å². The number of ether oxygens (including phenoxy) is 2. The molecule has 0 aliphatic heterocycles. The summed E-state index contributed by atoms with van der Waals surface area (Å²) in [4.78, 5) is 12.7. The maximum atomic E-state index is 12.7. The molecule has 1 amide bonds. The number of hydrogen-bond acceptors (Lipinski definition) is 3. The largest absolute Gasteiger partial charge is 0.492 e. The summed E-state index contributed by atoms with van der Waals surface area (Å²) in [5.74, 6) is 0.851. The van der Waals surface area contributed by atoms with Crippen molar-refractivity contribution in [2.24, 2.45) is 0 Å². The normalized spacial score (nSPS) is 10.4. The van der Waals surface area contributed by atoms with E-state index < -0.39 is 0 Å². The number of halogens is 1. The lowest BCUT2D eigenvalue weighted by Crippen LogP contribution is -2.12. The second-order valence-corrected chi connectivity index (χ2v) is 7.12. The Hall–Kier alpha value is -2.79. The van der Waals surface area contributed by atoms with Crippen molar-refractivity contribution >= 4 is 27.5 Å². The molecule has 0 radical (unpaired) electrons. The third-order valence-electron chi connectivity index (χ3n) is 4.33. The van der Waals surface area contributed by atoms with Gasteiger partial charge in [-0.2, -0.15) is 0 Å². The van der Waals surface area contributed by atoms with E-state index in [0.717, 1.165) is 17.7 Å². The first kappa shape index (κ1) is 20.0. The second-order valence-electron chi connectivity index (χ2n) is 6.27. The highest BCUT2D eigenvalue weighted by Crippen LogP contribution is 2.37. The van der Waals surface area contributed by atoms with E-state index in [4.69, 9.17) is 9.47 Å². The quantitative estimate of drug-likeness (QED) is 0.501. The van der Waals surface area contributed by atoms with Crippen molar-refractivity contribution in [2.45, 2.75) is 20.0 Å². The van der Waals surface area contributed by atoms with Gasteiger partial charge in [0.25, 0.3) is 5.91 Å². The van der Waals surface area contributed by atoms with E-state index in [2.05, 4.69) is 28.2 Å². The fourth-order valence-electron chi connectivity index (χ4n) is 2.77. The maximum Gasteiger partial charge on any atom is 0.255 e. The Bertz CT molecular complexity index is 940. The van der Waals surface area contributed by atoms with Crippen LogP contribution in [0, 0.1) is 0 Å². The fraction of sp³-hybridized carbons (Fsp3) is 0.174. The summed E-state index contributed by atoms with van der Waals surface area (Å²) in [6, 6.07) is 21.1. The molecule has 0 bridgehead atoms. The van der Waals surface area contributed by atoms with Gasteiger partial charge in [-0.1, -0.05) is 49.4 Å². The molecule has 4 nitrogen and oxygen atoms in total. The molecule has 3 rings (SSSR count). The molecular weight excluding hydrogens is 418 g/mol. The van der Waals surface area contributed by atoms with Crippen LogP contribution < -0.4 is 14.8 Å². The van der Waals surface area contributed by atoms with Crippen LogP contribution in [0.1, 0.15) is 28.4 Å². The van der Waals surface area contributed by atoms with Crippen LogP contribution in [0.4, 0.5) is 5.69 Å². The summed E-state index contributed by atoms with van der Waals surface area (Å²) < 4.78 is 12.0. The average Bonchev–Trinajstić information content (AvgIpc) is 2.73. The lowest BCUT2D eigenvalue weighted by atomic mass is 10.1. The van der Waals surface area contributed by atoms with E-state index >= 15 is 0 Å². The fourth-order valence-corrected chi connectivity index (χ4v) is 3.37. The van der Waals surface area contributed by atoms with Crippen LogP contribution in [0.5, 0.6) is 11.5 Å². The topological polar surface area (TPSA) is 47.6 Å². The SMILES string of the molecule is CCc1ccc(NC(=O)c2cc(Br)c(OC)c(OCc3ccccc3)c2)cc1. The van der Waals surface area contributed by atoms with Crippen molar-refractivity contribution in [2.75, 3.05) is 12.4 Å². The number of amides is 1. The molecule has 0 aliphatic rings. The zero-order chi connectivity index (χ0) is 19.9. The first-order valence-electron chi connectivity index (χ1n) is 9.05. The molecule has 28 heavy (non-hydrogen) atoms. The van der Waals surface area contributed by atoms with Crippen LogP contribution in [0.2, 0.25) is 0 Å². The Morgan fingerprint density at radius 3 is 2.36 bits per heavy atom. The minimum atomic E-state index is -0.211. The van der Waals surface area contributed by atoms with Gasteiger partial charge in [0.15, 0.2) is 11.5 Å². The van der Waals surface area contributed by atoms with Gasteiger partial charge in [0.05, 0.1) is 11.6 Å². The van der Waals surface area contributed by atoms with E-state index in [1.54, 1.807) is 19.2 Å². The standard InChI is InChI=1S/C23H22BrNO3/c1-3-16-9-11-19(12-10-16)25-23(26)18-13-20(24)22(27-2)21(14-18)28-15-17-7-5-4-6-8-17/h4-14H,3,15H2,1-2H3,(H,25,26). The molecule has 3 aromatic carbocycles. The van der Waals surface area contributed by atoms with Gasteiger partial charge in [-0.3, -0.25) is 4.79 Å². The van der Waals surface area contributed by atoms with Crippen LogP contribution in [-0.4, -0.2) is 13.0 Å². The third kappa shape index (κ3) is 4.93. The highest BCUT2D eigenvalue weighted by Gasteiger charge is 2.16. The van der Waals surface area contributed by atoms with E-state index in [1.165, 1.54) is 5.56 Å². The smallest absolute Gasteiger partial charge is 0.255 e. The van der Waals surface area contributed by atoms with Gasteiger partial charge < -0.3 is 14.8 Å². The van der Waals surface area contributed by atoms with Crippen LogP contribution in [0.3, 0.4) is 0 Å². The molecule has 0 saturated heterocycles. The van der Waals surface area contributed by atoms with Gasteiger partial charge in [-0.05, 0) is 57.7 Å². The number of nitrogens with one attached hydrogen (secondary N) is 1. The van der Waals surface area contributed by atoms with Gasteiger partial charge >= 0.3 is 0 Å². The number of rotatable bonds is 7. The number of hydrogen-bond donors (Lipinski definition) is 1. The first-order chi connectivity index (χ1) is 13.6. The highest BCUT2D eigenvalue weighted by atomic mass is 79.9. The molecule has 5 heteroatoms. The van der Waals surface area contributed by atoms with Crippen molar-refractivity contribution in [3.63, 3.8) is 0 Å². The number of methoxy groups -OCH3 is 1. The van der Waals surface area contributed by atoms with Crippen LogP contribution in [-0.2, 0) is 13.0 Å². The number of carbonyl (C=O) groups excluding carboxylic acids is 1. The molecule has 0 aliphatic carbocycles. The summed E-state index contributed by atoms with van der Waals surface area (Å²) in [5, 5.41) is 2.92. The highest BCUT2D eigenvalue weighted by molar-refractivity contribution is 9.10. The molecular formula is C23H22BrNO3. The summed E-state index contributed by atoms with van der Waals surface area (Å²) in [6.45, 7) is 2.48. The molecule has 0 aromatic heterocycles. The minimum absolute atomic E-state index is 0.211. The number of aryl methyl sites for hydroxylation is 1. The molecule has 0 unspecified atom stereocenters. The number of anilines is 1. The Morgan fingerprint density at radius 1 is 1.00 bits per heavy atom. The Kier molecular flexibility index (Phi) is 6.71. The lowest BCUT2D eigenvalue weighted by molar-refractivity contribution is 0.102. The van der Waals surface area contributed by atoms with Gasteiger partial charge in [0.2, 0.25) is 0 Å². The van der Waals surface area contributed by atoms with Crippen LogP contribution in [0.25, 0.3) is 0 Å². The number of carbonyl (C=O) groups is 1. The second kappa shape index (κ2) is 9.42. The summed E-state index contributed by atoms with van der Waals surface area (Å²) >= 11 is 3.47. The van der Waals surface area contributed by atoms with Crippen molar-refractivity contribution in [3.8, 4) is 11.5 Å². The Balaban J connectivity index is 1.80. The van der Waals surface area contributed by atoms with Gasteiger partial charge in [-0.15, -0.1) is 0 Å². The number of benzene rings is 3. The molecule has 0 fully saturated rings. The molecule has 144 valence electrons. The Morgan fingerprint density at radius 2 is 1.71 bits per heavy atom. The Labute approximate surface area is 173 Å². The summed E-state index contributed by atoms with van der Waals surface area (Å²) in [5.41, 5.74) is 3.49. The van der Waals surface area contributed by atoms with E-state index in [0.29, 0.717) is 28.1 Å². The summed E-state index contributed by atoms with van der Waals surface area (Å²) in [6.07, 6.45) is 0.960. The zero-order valence-corrected chi connectivity index (χ0v) is 17.5. The van der Waals surface area contributed by atoms with E-state index in [9.17, 15) is 4.79 Å². The average molecular weight is 440 g/mol. The monoisotopic (exact) mass is 439 g/mol. The molecule has 1 N–H and O–H groups in total. The van der Waals surface area contributed by atoms with Crippen LogP contribution in [0.15, 0.2) is 71.2 Å². The molecule has 0 saturated carbocycles. The van der Waals surface area contributed by atoms with Crippen molar-refractivity contribution in [3.05, 3.63) is 87.9 Å². The lowest BCUT2D eigenvalue weighted by Gasteiger charge is -2.14. The third-order valence-corrected chi connectivity index (χ3v) is 4.92. The van der Waals surface area contributed by atoms with Gasteiger partial charge in [0, 0.05) is 11.3 Å². The molecule has 0 heterocycles. The van der Waals surface area contributed by atoms with Gasteiger partial charge in [-0.25, -0.2) is 0 Å². The first-order valence-corrected chi connectivity index (χ1v) is 9.84. The van der Waals surface area contributed by atoms with E-state index in [1.807, 2.05) is 54.6 Å². The maximum absolute atomic E-state index is 12.7. The predicted octanol–water partition coefficient (Wildman–Crippen LogP) is 5.85. The van der Waals surface area contributed by atoms with Crippen molar-refractivity contribution < 1.29 is 14.3 Å². The molecule has 0 spiro atoms. The minimum Gasteiger partial charge on any atom is -0.492 e. The van der Waals surface area contributed by atoms with Crippen LogP contribution >= 0.6 is 15.9 Å². The molecule has 0 atom stereocenters. The molecule has 3 aromatic rings. The summed E-state index contributed by atoms with van der Waals surface area (Å²) in [7, 11) is 1.57. The van der Waals surface area contributed by atoms with Gasteiger partial charge in [0.1, 0.15) is 6.61 Å².